The van der Waals surface area contributed by atoms with E-state index in [1.807, 2.05) is 0 Å². The molecule has 0 heterocycles. The van der Waals surface area contributed by atoms with Crippen molar-refractivity contribution in [2.45, 2.75) is 38.5 Å². The molecule has 0 amide bonds. The molecule has 0 aromatic heterocycles. The van der Waals surface area contributed by atoms with E-state index in [9.17, 15) is 0 Å². The fourth-order valence-electron chi connectivity index (χ4n) is 6.37. The molecule has 42 heavy (non-hydrogen) atoms. The third-order valence-corrected chi connectivity index (χ3v) is 9.60. The molecule has 0 aliphatic heterocycles. The van der Waals surface area contributed by atoms with E-state index in [2.05, 4.69) is 121 Å². The van der Waals surface area contributed by atoms with Gasteiger partial charge in [0.1, 0.15) is 0 Å². The fraction of sp³-hybridized carbons (Fsp3) is 0.154. The van der Waals surface area contributed by atoms with Crippen molar-refractivity contribution in [3.05, 3.63) is 144 Å². The van der Waals surface area contributed by atoms with Crippen molar-refractivity contribution in [1.82, 2.24) is 0 Å². The van der Waals surface area contributed by atoms with Gasteiger partial charge in [-0.05, 0) is 32.3 Å². The summed E-state index contributed by atoms with van der Waals surface area (Å²) in [5.41, 5.74) is 5.38. The van der Waals surface area contributed by atoms with Crippen LogP contribution in [0.3, 0.4) is 0 Å². The third-order valence-electron chi connectivity index (χ3n) is 8.37. The molecule has 0 atom stereocenters. The second-order valence-electron chi connectivity index (χ2n) is 10.9. The van der Waals surface area contributed by atoms with Crippen LogP contribution >= 0.6 is 0 Å². The second kappa shape index (κ2) is 13.6. The minimum atomic E-state index is 0. The first kappa shape index (κ1) is 30.6. The molecule has 3 heteroatoms. The van der Waals surface area contributed by atoms with Gasteiger partial charge in [0.25, 0.3) is 0 Å². The van der Waals surface area contributed by atoms with E-state index in [4.69, 9.17) is 0 Å². The Bertz CT molecular complexity index is 1840. The van der Waals surface area contributed by atoms with E-state index in [-0.39, 0.29) is 24.8 Å². The Hall–Kier alpha value is -2.83. The molecular formula is C39H30Cl2Zr-2. The molecular weight excluding hydrogens is 631 g/mol. The molecule has 0 bridgehead atoms. The summed E-state index contributed by atoms with van der Waals surface area (Å²) in [6.07, 6.45) is 18.8. The second-order valence-corrected chi connectivity index (χ2v) is 12.6. The van der Waals surface area contributed by atoms with E-state index in [1.54, 1.807) is 27.4 Å². The molecule has 0 N–H and O–H groups in total. The van der Waals surface area contributed by atoms with Crippen LogP contribution in [0.25, 0.3) is 43.1 Å². The summed E-state index contributed by atoms with van der Waals surface area (Å²) in [5.74, 6) is 0. The zero-order chi connectivity index (χ0) is 26.9. The minimum absolute atomic E-state index is 0. The van der Waals surface area contributed by atoms with Gasteiger partial charge in [-0.2, -0.15) is 47.6 Å². The molecule has 9 rings (SSSR count). The summed E-state index contributed by atoms with van der Waals surface area (Å²) in [7, 11) is 0. The summed E-state index contributed by atoms with van der Waals surface area (Å²) in [6, 6.07) is 34.8. The molecule has 6 aromatic rings. The average molecular weight is 661 g/mol. The Labute approximate surface area is 275 Å². The molecule has 0 saturated heterocycles. The van der Waals surface area contributed by atoms with Crippen molar-refractivity contribution in [3.63, 3.8) is 0 Å². The summed E-state index contributed by atoms with van der Waals surface area (Å²) in [6.45, 7) is 0. The number of rotatable bonds is 0. The van der Waals surface area contributed by atoms with E-state index in [0.29, 0.717) is 0 Å². The molecule has 0 radical (unpaired) electrons. The van der Waals surface area contributed by atoms with E-state index in [1.165, 1.54) is 91.0 Å². The Morgan fingerprint density at radius 3 is 1.31 bits per heavy atom. The Balaban J connectivity index is 0.000000135. The first-order chi connectivity index (χ1) is 19.8. The van der Waals surface area contributed by atoms with Gasteiger partial charge >= 0.3 is 53.1 Å². The van der Waals surface area contributed by atoms with Gasteiger partial charge in [0.15, 0.2) is 0 Å². The van der Waals surface area contributed by atoms with Gasteiger partial charge in [-0.1, -0.05) is 96.4 Å². The van der Waals surface area contributed by atoms with Crippen LogP contribution in [0, 0.1) is 12.2 Å². The maximum atomic E-state index is 3.33. The number of hydrogen-bond acceptors (Lipinski definition) is 0. The fourth-order valence-corrected chi connectivity index (χ4v) is 7.24. The molecule has 6 aromatic carbocycles. The topological polar surface area (TPSA) is 0 Å². The van der Waals surface area contributed by atoms with E-state index in [0.717, 1.165) is 12.8 Å². The van der Waals surface area contributed by atoms with Crippen molar-refractivity contribution < 1.29 is 49.0 Å². The van der Waals surface area contributed by atoms with Crippen LogP contribution in [0.1, 0.15) is 47.9 Å². The molecule has 0 nitrogen and oxygen atoms in total. The number of fused-ring (bicyclic) bond motifs is 10. The van der Waals surface area contributed by atoms with Gasteiger partial charge in [-0.3, -0.25) is 0 Å². The Morgan fingerprint density at radius 2 is 0.881 bits per heavy atom. The number of benzene rings is 6. The maximum absolute atomic E-state index is 3.33. The predicted octanol–water partition coefficient (Wildman–Crippen LogP) is 3.80. The van der Waals surface area contributed by atoms with Crippen LogP contribution in [0.5, 0.6) is 0 Å². The van der Waals surface area contributed by atoms with Crippen molar-refractivity contribution in [2.75, 3.05) is 0 Å². The quantitative estimate of drug-likeness (QED) is 0.172. The summed E-state index contributed by atoms with van der Waals surface area (Å²) < 4.78 is 1.79. The number of allylic oxidation sites excluding steroid dienone is 2. The molecule has 0 spiro atoms. The first-order valence-electron chi connectivity index (χ1n) is 14.4. The number of halogens is 2. The van der Waals surface area contributed by atoms with Gasteiger partial charge < -0.3 is 24.8 Å². The van der Waals surface area contributed by atoms with Crippen LogP contribution < -0.4 is 24.8 Å². The monoisotopic (exact) mass is 658 g/mol. The molecule has 1 saturated carbocycles. The van der Waals surface area contributed by atoms with Crippen LogP contribution in [-0.2, 0) is 37.1 Å². The molecule has 3 aliphatic carbocycles. The van der Waals surface area contributed by atoms with Crippen LogP contribution in [0.4, 0.5) is 0 Å². The first-order valence-corrected chi connectivity index (χ1v) is 15.6. The predicted molar refractivity (Wildman–Crippen MR) is 168 cm³/mol. The van der Waals surface area contributed by atoms with Gasteiger partial charge in [0, 0.05) is 0 Å². The zero-order valence-corrected chi connectivity index (χ0v) is 27.4. The Kier molecular flexibility index (Phi) is 9.95. The van der Waals surface area contributed by atoms with Crippen LogP contribution in [-0.4, -0.2) is 3.21 Å². The summed E-state index contributed by atoms with van der Waals surface area (Å²) >= 11 is 1.68. The SMILES string of the molecule is [C-]1=CCc2c1ccc1ccc3ccccc3c21.[C-]1=CCc2c1ccc1ccc3ccccc3c21.[Cl-].[Cl-].[Zr+2]=[C]1CCCC1. The Morgan fingerprint density at radius 1 is 0.476 bits per heavy atom. The van der Waals surface area contributed by atoms with Crippen molar-refractivity contribution in [1.29, 1.82) is 0 Å². The summed E-state index contributed by atoms with van der Waals surface area (Å²) in [4.78, 5) is 0. The van der Waals surface area contributed by atoms with Gasteiger partial charge in [0.2, 0.25) is 0 Å². The third kappa shape index (κ3) is 5.98. The van der Waals surface area contributed by atoms with Crippen molar-refractivity contribution >= 4 is 46.3 Å². The van der Waals surface area contributed by atoms with Gasteiger partial charge in [-0.15, -0.1) is 23.3 Å². The van der Waals surface area contributed by atoms with Gasteiger partial charge in [-0.25, -0.2) is 0 Å². The van der Waals surface area contributed by atoms with E-state index >= 15 is 0 Å². The number of hydrogen-bond donors (Lipinski definition) is 0. The zero-order valence-electron chi connectivity index (χ0n) is 23.4. The van der Waals surface area contributed by atoms with Gasteiger partial charge in [0.05, 0.1) is 0 Å². The van der Waals surface area contributed by atoms with E-state index < -0.39 is 0 Å². The molecule has 206 valence electrons. The van der Waals surface area contributed by atoms with Crippen molar-refractivity contribution in [3.8, 4) is 0 Å². The molecule has 3 aliphatic rings. The molecule has 0 unspecified atom stereocenters. The normalized spacial score (nSPS) is 14.1. The summed E-state index contributed by atoms with van der Waals surface area (Å²) in [5, 5.41) is 10.8. The molecule has 1 fully saturated rings. The average Bonchev–Trinajstić information content (AvgIpc) is 3.79. The van der Waals surface area contributed by atoms with Crippen LogP contribution in [0.15, 0.2) is 109 Å². The van der Waals surface area contributed by atoms with Crippen LogP contribution in [0.2, 0.25) is 0 Å². The van der Waals surface area contributed by atoms with Crippen molar-refractivity contribution in [2.24, 2.45) is 0 Å². The standard InChI is InChI=1S/2C17H11.C5H8.2ClH.Zr/c2*1-2-6-15-12(4-1)8-10-14-11-9-13-5-3-7-16(13)17(14)15;1-2-4-5-3-1;;;/h2*1-4,6,8-11H,7H2;1-4H2;2*1H;/q2*-1;;;;+2/p-2.